The Balaban J connectivity index is 2.61. The number of nitrogens with zero attached hydrogens (tertiary/aromatic N) is 1. The van der Waals surface area contributed by atoms with Crippen LogP contribution in [0, 0.1) is 17.2 Å². The number of nitriles is 1. The number of benzene rings is 1. The average Bonchev–Trinajstić information content (AvgIpc) is 2.42. The van der Waals surface area contributed by atoms with Crippen LogP contribution >= 0.6 is 0 Å². The normalized spacial score (nSPS) is 11.4. The highest BCUT2D eigenvalue weighted by molar-refractivity contribution is 5.66. The van der Waals surface area contributed by atoms with Crippen LogP contribution in [-0.2, 0) is 4.79 Å². The summed E-state index contributed by atoms with van der Waals surface area (Å²) >= 11 is 0. The monoisotopic (exact) mass is 262 g/mol. The number of carboxylic acid groups (broad SMARTS) is 1. The number of nitrogens with one attached hydrogen (secondary N) is 1. The van der Waals surface area contributed by atoms with E-state index in [0.717, 1.165) is 0 Å². The molecule has 0 aliphatic rings. The van der Waals surface area contributed by atoms with E-state index < -0.39 is 5.97 Å². The molecule has 0 spiro atoms. The van der Waals surface area contributed by atoms with Crippen molar-refractivity contribution < 1.29 is 14.6 Å². The lowest BCUT2D eigenvalue weighted by Gasteiger charge is -2.14. The summed E-state index contributed by atoms with van der Waals surface area (Å²) in [5.41, 5.74) is 1.26. The quantitative estimate of drug-likeness (QED) is 0.788. The lowest BCUT2D eigenvalue weighted by molar-refractivity contribution is -0.137. The zero-order valence-electron chi connectivity index (χ0n) is 11.1. The van der Waals surface area contributed by atoms with E-state index in [4.69, 9.17) is 15.1 Å². The second-order valence-electron chi connectivity index (χ2n) is 4.44. The van der Waals surface area contributed by atoms with Gasteiger partial charge in [0, 0.05) is 19.0 Å². The van der Waals surface area contributed by atoms with Gasteiger partial charge in [-0.1, -0.05) is 6.92 Å². The number of ether oxygens (including phenoxy) is 1. The van der Waals surface area contributed by atoms with Crippen LogP contribution in [0.15, 0.2) is 18.2 Å². The van der Waals surface area contributed by atoms with Gasteiger partial charge in [0.25, 0.3) is 0 Å². The van der Waals surface area contributed by atoms with Crippen molar-refractivity contribution in [1.82, 2.24) is 0 Å². The SMILES string of the molecule is COc1ccc(C#N)c(NCC(C)CCC(=O)O)c1. The molecule has 0 aliphatic heterocycles. The van der Waals surface area contributed by atoms with Gasteiger partial charge < -0.3 is 15.2 Å². The van der Waals surface area contributed by atoms with Crippen LogP contribution in [0.25, 0.3) is 0 Å². The smallest absolute Gasteiger partial charge is 0.303 e. The molecule has 0 amide bonds. The van der Waals surface area contributed by atoms with Gasteiger partial charge in [-0.05, 0) is 24.5 Å². The molecule has 5 heteroatoms. The number of aliphatic carboxylic acids is 1. The fourth-order valence-corrected chi connectivity index (χ4v) is 1.65. The van der Waals surface area contributed by atoms with Crippen molar-refractivity contribution in [2.45, 2.75) is 19.8 Å². The van der Waals surface area contributed by atoms with E-state index in [1.807, 2.05) is 6.92 Å². The van der Waals surface area contributed by atoms with Crippen molar-refractivity contribution in [1.29, 1.82) is 5.26 Å². The van der Waals surface area contributed by atoms with Gasteiger partial charge in [-0.2, -0.15) is 5.26 Å². The maximum atomic E-state index is 10.5. The molecule has 0 heterocycles. The molecule has 0 fully saturated rings. The van der Waals surface area contributed by atoms with Crippen molar-refractivity contribution in [3.8, 4) is 11.8 Å². The number of carboxylic acids is 1. The summed E-state index contributed by atoms with van der Waals surface area (Å²) in [6.07, 6.45) is 0.764. The Morgan fingerprint density at radius 3 is 2.89 bits per heavy atom. The molecule has 0 saturated heterocycles. The summed E-state index contributed by atoms with van der Waals surface area (Å²) < 4.78 is 5.11. The second kappa shape index (κ2) is 7.27. The van der Waals surface area contributed by atoms with Gasteiger partial charge in [0.2, 0.25) is 0 Å². The van der Waals surface area contributed by atoms with Gasteiger partial charge in [-0.15, -0.1) is 0 Å². The third-order valence-corrected chi connectivity index (χ3v) is 2.84. The second-order valence-corrected chi connectivity index (χ2v) is 4.44. The number of anilines is 1. The molecule has 0 saturated carbocycles. The number of methoxy groups -OCH3 is 1. The maximum Gasteiger partial charge on any atom is 0.303 e. The van der Waals surface area contributed by atoms with Gasteiger partial charge in [0.15, 0.2) is 0 Å². The predicted molar refractivity (Wildman–Crippen MR) is 72.2 cm³/mol. The lowest BCUT2D eigenvalue weighted by atomic mass is 10.1. The Morgan fingerprint density at radius 2 is 2.32 bits per heavy atom. The Labute approximate surface area is 112 Å². The Bertz CT molecular complexity index is 480. The summed E-state index contributed by atoms with van der Waals surface area (Å²) in [5.74, 6) is 0.111. The van der Waals surface area contributed by atoms with Gasteiger partial charge in [-0.25, -0.2) is 0 Å². The van der Waals surface area contributed by atoms with Crippen LogP contribution in [0.3, 0.4) is 0 Å². The standard InChI is InChI=1S/C14H18N2O3/c1-10(3-6-14(17)18)9-16-13-7-12(19-2)5-4-11(13)8-15/h4-5,7,10,16H,3,6,9H2,1-2H3,(H,17,18). The summed E-state index contributed by atoms with van der Waals surface area (Å²) in [6, 6.07) is 7.31. The molecule has 1 atom stereocenters. The predicted octanol–water partition coefficient (Wildman–Crippen LogP) is 2.48. The molecule has 5 nitrogen and oxygen atoms in total. The minimum Gasteiger partial charge on any atom is -0.497 e. The van der Waals surface area contributed by atoms with Gasteiger partial charge in [-0.3, -0.25) is 4.79 Å². The molecule has 0 bridgehead atoms. The van der Waals surface area contributed by atoms with Crippen molar-refractivity contribution in [3.63, 3.8) is 0 Å². The van der Waals surface area contributed by atoms with Crippen LogP contribution in [-0.4, -0.2) is 24.7 Å². The van der Waals surface area contributed by atoms with E-state index >= 15 is 0 Å². The summed E-state index contributed by atoms with van der Waals surface area (Å²) in [5, 5.41) is 20.8. The van der Waals surface area contributed by atoms with E-state index in [1.165, 1.54) is 0 Å². The van der Waals surface area contributed by atoms with Crippen LogP contribution in [0.4, 0.5) is 5.69 Å². The van der Waals surface area contributed by atoms with Gasteiger partial charge in [0.1, 0.15) is 11.8 Å². The Kier molecular flexibility index (Phi) is 5.68. The Morgan fingerprint density at radius 1 is 1.58 bits per heavy atom. The molecule has 1 unspecified atom stereocenters. The average molecular weight is 262 g/mol. The first-order valence-corrected chi connectivity index (χ1v) is 6.10. The number of hydrogen-bond donors (Lipinski definition) is 2. The molecule has 1 aromatic carbocycles. The highest BCUT2D eigenvalue weighted by Gasteiger charge is 2.08. The third-order valence-electron chi connectivity index (χ3n) is 2.84. The maximum absolute atomic E-state index is 10.5. The van der Waals surface area contributed by atoms with Crippen molar-refractivity contribution >= 4 is 11.7 Å². The first-order valence-electron chi connectivity index (χ1n) is 6.10. The highest BCUT2D eigenvalue weighted by Crippen LogP contribution is 2.22. The molecule has 0 radical (unpaired) electrons. The van der Waals surface area contributed by atoms with Crippen molar-refractivity contribution in [2.75, 3.05) is 19.0 Å². The number of rotatable bonds is 7. The largest absolute Gasteiger partial charge is 0.497 e. The fourth-order valence-electron chi connectivity index (χ4n) is 1.65. The van der Waals surface area contributed by atoms with Crippen LogP contribution in [0.1, 0.15) is 25.3 Å². The fraction of sp³-hybridized carbons (Fsp3) is 0.429. The summed E-state index contributed by atoms with van der Waals surface area (Å²) in [7, 11) is 1.57. The molecule has 0 aromatic heterocycles. The topological polar surface area (TPSA) is 82.3 Å². The van der Waals surface area contributed by atoms with E-state index in [9.17, 15) is 4.79 Å². The van der Waals surface area contributed by atoms with Crippen molar-refractivity contribution in [3.05, 3.63) is 23.8 Å². The lowest BCUT2D eigenvalue weighted by Crippen LogP contribution is -2.13. The first-order chi connectivity index (χ1) is 9.06. The van der Waals surface area contributed by atoms with E-state index in [-0.39, 0.29) is 12.3 Å². The van der Waals surface area contributed by atoms with E-state index in [1.54, 1.807) is 25.3 Å². The molecular weight excluding hydrogens is 244 g/mol. The molecule has 1 rings (SSSR count). The molecule has 1 aromatic rings. The van der Waals surface area contributed by atoms with Crippen LogP contribution in [0.5, 0.6) is 5.75 Å². The molecule has 102 valence electrons. The summed E-state index contributed by atoms with van der Waals surface area (Å²) in [4.78, 5) is 10.5. The van der Waals surface area contributed by atoms with Crippen molar-refractivity contribution in [2.24, 2.45) is 5.92 Å². The molecule has 2 N–H and O–H groups in total. The minimum atomic E-state index is -0.786. The summed E-state index contributed by atoms with van der Waals surface area (Å²) in [6.45, 7) is 2.59. The first kappa shape index (κ1) is 14.8. The van der Waals surface area contributed by atoms with Gasteiger partial charge >= 0.3 is 5.97 Å². The highest BCUT2D eigenvalue weighted by atomic mass is 16.5. The zero-order chi connectivity index (χ0) is 14.3. The molecule has 19 heavy (non-hydrogen) atoms. The Hall–Kier alpha value is -2.22. The number of carbonyl (C=O) groups is 1. The molecular formula is C14H18N2O3. The minimum absolute atomic E-state index is 0.159. The zero-order valence-corrected chi connectivity index (χ0v) is 11.1. The van der Waals surface area contributed by atoms with E-state index in [2.05, 4.69) is 11.4 Å². The van der Waals surface area contributed by atoms with E-state index in [0.29, 0.717) is 30.0 Å². The van der Waals surface area contributed by atoms with Gasteiger partial charge in [0.05, 0.1) is 18.4 Å². The van der Waals surface area contributed by atoms with Crippen LogP contribution < -0.4 is 10.1 Å². The molecule has 0 aliphatic carbocycles. The number of hydrogen-bond acceptors (Lipinski definition) is 4. The van der Waals surface area contributed by atoms with Crippen LogP contribution in [0.2, 0.25) is 0 Å². The third kappa shape index (κ3) is 4.88.